The van der Waals surface area contributed by atoms with Crippen LogP contribution in [0.15, 0.2) is 35.6 Å². The molecule has 0 unspecified atom stereocenters. The molecule has 0 saturated heterocycles. The molecule has 1 heterocycles. The fourth-order valence-corrected chi connectivity index (χ4v) is 1.84. The second-order valence-electron chi connectivity index (χ2n) is 4.44. The number of hydrazone groups is 1. The number of nitro groups is 1. The van der Waals surface area contributed by atoms with E-state index in [9.17, 15) is 14.9 Å². The third-order valence-electron chi connectivity index (χ3n) is 2.81. The van der Waals surface area contributed by atoms with Crippen LogP contribution in [0.5, 0.6) is 0 Å². The lowest BCUT2D eigenvalue weighted by molar-refractivity contribution is -0.385. The predicted octanol–water partition coefficient (Wildman–Crippen LogP) is 2.14. The molecule has 8 nitrogen and oxygen atoms in total. The second-order valence-corrected chi connectivity index (χ2v) is 4.88. The summed E-state index contributed by atoms with van der Waals surface area (Å²) in [6, 6.07) is 6.88. The number of amides is 1. The van der Waals surface area contributed by atoms with E-state index in [4.69, 9.17) is 11.6 Å². The minimum Gasteiger partial charge on any atom is -0.268 e. The molecular weight excluding hydrogens is 310 g/mol. The smallest absolute Gasteiger partial charge is 0.268 e. The van der Waals surface area contributed by atoms with Gasteiger partial charge in [0.25, 0.3) is 5.91 Å². The molecule has 0 aliphatic rings. The van der Waals surface area contributed by atoms with E-state index in [0.29, 0.717) is 10.7 Å². The number of carbonyl (C=O) groups is 1. The van der Waals surface area contributed by atoms with Crippen molar-refractivity contribution in [2.45, 2.75) is 6.92 Å². The molecule has 22 heavy (non-hydrogen) atoms. The van der Waals surface area contributed by atoms with Crippen molar-refractivity contribution in [2.75, 3.05) is 0 Å². The van der Waals surface area contributed by atoms with E-state index in [2.05, 4.69) is 15.6 Å². The van der Waals surface area contributed by atoms with Gasteiger partial charge < -0.3 is 0 Å². The Hall–Kier alpha value is -2.74. The lowest BCUT2D eigenvalue weighted by Gasteiger charge is -2.01. The Morgan fingerprint density at radius 3 is 2.64 bits per heavy atom. The summed E-state index contributed by atoms with van der Waals surface area (Å²) in [4.78, 5) is 22.1. The van der Waals surface area contributed by atoms with Gasteiger partial charge in [0, 0.05) is 12.1 Å². The summed E-state index contributed by atoms with van der Waals surface area (Å²) in [5, 5.41) is 19.1. The predicted molar refractivity (Wildman–Crippen MR) is 81.0 cm³/mol. The number of hydrogen-bond donors (Lipinski definition) is 1. The first-order chi connectivity index (χ1) is 10.4. The summed E-state index contributed by atoms with van der Waals surface area (Å²) in [6.45, 7) is 1.69. The molecule has 1 amide bonds. The summed E-state index contributed by atoms with van der Waals surface area (Å²) in [6.07, 6.45) is 1.16. The van der Waals surface area contributed by atoms with Gasteiger partial charge >= 0.3 is 5.69 Å². The van der Waals surface area contributed by atoms with Gasteiger partial charge in [0.1, 0.15) is 6.20 Å². The third kappa shape index (κ3) is 3.47. The Balaban J connectivity index is 2.17. The van der Waals surface area contributed by atoms with Crippen LogP contribution in [-0.2, 0) is 7.05 Å². The average molecular weight is 322 g/mol. The molecule has 1 N–H and O–H groups in total. The quantitative estimate of drug-likeness (QED) is 0.529. The SMILES string of the molecule is C/C(=N\NC(=O)c1nn(C)cc1[N+](=O)[O-])c1ccc(Cl)cc1. The Morgan fingerprint density at radius 2 is 2.05 bits per heavy atom. The van der Waals surface area contributed by atoms with Crippen LogP contribution in [0, 0.1) is 10.1 Å². The van der Waals surface area contributed by atoms with Crippen LogP contribution in [0.1, 0.15) is 23.0 Å². The number of aromatic nitrogens is 2. The molecule has 0 fully saturated rings. The van der Waals surface area contributed by atoms with Gasteiger partial charge in [-0.3, -0.25) is 19.6 Å². The van der Waals surface area contributed by atoms with Gasteiger partial charge in [-0.2, -0.15) is 10.2 Å². The Labute approximate surface area is 130 Å². The zero-order valence-electron chi connectivity index (χ0n) is 11.8. The van der Waals surface area contributed by atoms with E-state index in [0.717, 1.165) is 11.8 Å². The maximum atomic E-state index is 12.0. The average Bonchev–Trinajstić information content (AvgIpc) is 2.87. The van der Waals surface area contributed by atoms with Gasteiger partial charge in [-0.05, 0) is 24.6 Å². The first kappa shape index (κ1) is 15.6. The topological polar surface area (TPSA) is 102 Å². The van der Waals surface area contributed by atoms with Crippen molar-refractivity contribution < 1.29 is 9.72 Å². The molecule has 0 aliphatic carbocycles. The monoisotopic (exact) mass is 321 g/mol. The zero-order valence-corrected chi connectivity index (χ0v) is 12.5. The highest BCUT2D eigenvalue weighted by molar-refractivity contribution is 6.30. The lowest BCUT2D eigenvalue weighted by Crippen LogP contribution is -2.21. The van der Waals surface area contributed by atoms with Gasteiger partial charge in [-0.1, -0.05) is 23.7 Å². The van der Waals surface area contributed by atoms with E-state index in [1.165, 1.54) is 11.7 Å². The first-order valence-corrected chi connectivity index (χ1v) is 6.55. The summed E-state index contributed by atoms with van der Waals surface area (Å²) in [5.74, 6) is -0.749. The van der Waals surface area contributed by atoms with Gasteiger partial charge in [0.05, 0.1) is 10.6 Å². The normalized spacial score (nSPS) is 11.3. The van der Waals surface area contributed by atoms with E-state index in [-0.39, 0.29) is 11.4 Å². The Bertz CT molecular complexity index is 752. The fourth-order valence-electron chi connectivity index (χ4n) is 1.71. The number of benzene rings is 1. The van der Waals surface area contributed by atoms with Crippen molar-refractivity contribution in [3.63, 3.8) is 0 Å². The number of nitrogens with zero attached hydrogens (tertiary/aromatic N) is 4. The van der Waals surface area contributed by atoms with Crippen LogP contribution in [0.25, 0.3) is 0 Å². The van der Waals surface area contributed by atoms with Crippen molar-refractivity contribution in [2.24, 2.45) is 12.1 Å². The number of rotatable bonds is 4. The van der Waals surface area contributed by atoms with Crippen LogP contribution in [0.4, 0.5) is 5.69 Å². The van der Waals surface area contributed by atoms with E-state index >= 15 is 0 Å². The summed E-state index contributed by atoms with van der Waals surface area (Å²) >= 11 is 5.79. The maximum Gasteiger partial charge on any atom is 0.320 e. The molecule has 2 aromatic rings. The number of nitrogens with one attached hydrogen (secondary N) is 1. The van der Waals surface area contributed by atoms with Crippen LogP contribution < -0.4 is 5.43 Å². The molecule has 0 spiro atoms. The molecule has 0 aliphatic heterocycles. The van der Waals surface area contributed by atoms with Gasteiger partial charge in [0.2, 0.25) is 5.69 Å². The third-order valence-corrected chi connectivity index (χ3v) is 3.06. The van der Waals surface area contributed by atoms with Gasteiger partial charge in [0.15, 0.2) is 0 Å². The number of aryl methyl sites for hydroxylation is 1. The molecular formula is C13H12ClN5O3. The summed E-state index contributed by atoms with van der Waals surface area (Å²) in [7, 11) is 1.49. The largest absolute Gasteiger partial charge is 0.320 e. The minimum atomic E-state index is -0.749. The molecule has 0 bridgehead atoms. The number of halogens is 1. The van der Waals surface area contributed by atoms with E-state index in [1.54, 1.807) is 31.2 Å². The van der Waals surface area contributed by atoms with Crippen LogP contribution in [0.2, 0.25) is 5.02 Å². The summed E-state index contributed by atoms with van der Waals surface area (Å²) < 4.78 is 1.20. The molecule has 2 rings (SSSR count). The van der Waals surface area contributed by atoms with Crippen LogP contribution in [0.3, 0.4) is 0 Å². The Morgan fingerprint density at radius 1 is 1.41 bits per heavy atom. The van der Waals surface area contributed by atoms with Crippen molar-refractivity contribution >= 4 is 28.9 Å². The van der Waals surface area contributed by atoms with Crippen molar-refractivity contribution in [3.8, 4) is 0 Å². The molecule has 0 atom stereocenters. The highest BCUT2D eigenvalue weighted by Crippen LogP contribution is 2.15. The standard InChI is InChI=1S/C13H12ClN5O3/c1-8(9-3-5-10(14)6-4-9)15-16-13(20)12-11(19(21)22)7-18(2)17-12/h3-7H,1-2H3,(H,16,20)/b15-8+. The molecule has 1 aromatic heterocycles. The maximum absolute atomic E-state index is 12.0. The molecule has 114 valence electrons. The minimum absolute atomic E-state index is 0.292. The van der Waals surface area contributed by atoms with Gasteiger partial charge in [-0.15, -0.1) is 0 Å². The number of carbonyl (C=O) groups excluding carboxylic acids is 1. The Kier molecular flexibility index (Phi) is 4.52. The fraction of sp³-hybridized carbons (Fsp3) is 0.154. The van der Waals surface area contributed by atoms with Crippen molar-refractivity contribution in [1.82, 2.24) is 15.2 Å². The van der Waals surface area contributed by atoms with Crippen LogP contribution >= 0.6 is 11.6 Å². The van der Waals surface area contributed by atoms with Gasteiger partial charge in [-0.25, -0.2) is 5.43 Å². The van der Waals surface area contributed by atoms with E-state index < -0.39 is 10.8 Å². The highest BCUT2D eigenvalue weighted by atomic mass is 35.5. The molecule has 9 heteroatoms. The molecule has 0 saturated carbocycles. The second kappa shape index (κ2) is 6.35. The van der Waals surface area contributed by atoms with Crippen LogP contribution in [-0.4, -0.2) is 26.3 Å². The van der Waals surface area contributed by atoms with E-state index in [1.807, 2.05) is 0 Å². The van der Waals surface area contributed by atoms with Crippen molar-refractivity contribution in [3.05, 3.63) is 56.9 Å². The van der Waals surface area contributed by atoms with Crippen molar-refractivity contribution in [1.29, 1.82) is 0 Å². The molecule has 1 aromatic carbocycles. The lowest BCUT2D eigenvalue weighted by atomic mass is 10.1. The molecule has 0 radical (unpaired) electrons. The summed E-state index contributed by atoms with van der Waals surface area (Å²) in [5.41, 5.74) is 2.88. The zero-order chi connectivity index (χ0) is 16.3. The highest BCUT2D eigenvalue weighted by Gasteiger charge is 2.24. The first-order valence-electron chi connectivity index (χ1n) is 6.17. The number of hydrogen-bond acceptors (Lipinski definition) is 5.